The lowest BCUT2D eigenvalue weighted by atomic mass is 10.0. The van der Waals surface area contributed by atoms with E-state index in [1.807, 2.05) is 0 Å². The Morgan fingerprint density at radius 3 is 2.95 bits per heavy atom. The number of carbonyl (C=O) groups is 1. The molecule has 2 rings (SSSR count). The number of nitrogens with zero attached hydrogens (tertiary/aromatic N) is 1. The first-order valence-corrected chi connectivity index (χ1v) is 5.61. The number of ether oxygens (including phenoxy) is 1. The molecule has 0 aliphatic heterocycles. The Labute approximate surface area is 108 Å². The number of hydrogen-bond donors (Lipinski definition) is 2. The number of esters is 1. The van der Waals surface area contributed by atoms with Gasteiger partial charge in [0.15, 0.2) is 0 Å². The number of fused-ring (bicyclic) bond motifs is 1. The molecule has 7 nitrogen and oxygen atoms in total. The summed E-state index contributed by atoms with van der Waals surface area (Å²) in [5.41, 5.74) is 6.93. The van der Waals surface area contributed by atoms with E-state index in [4.69, 9.17) is 5.73 Å². The summed E-state index contributed by atoms with van der Waals surface area (Å²) in [6, 6.07) is 3.91. The van der Waals surface area contributed by atoms with Crippen LogP contribution >= 0.6 is 0 Å². The Balaban J connectivity index is 2.44. The lowest BCUT2D eigenvalue weighted by molar-refractivity contribution is -0.383. The number of benzene rings is 1. The van der Waals surface area contributed by atoms with E-state index >= 15 is 0 Å². The molecule has 0 radical (unpaired) electrons. The molecule has 3 N–H and O–H groups in total. The average Bonchev–Trinajstić information content (AvgIpc) is 2.80. The minimum absolute atomic E-state index is 0.00850. The van der Waals surface area contributed by atoms with Crippen LogP contribution in [0.4, 0.5) is 5.69 Å². The SMILES string of the molecule is COC(=O)[C@@H](N)Cc1c[nH]c2cccc([N+](=O)[O-])c12. The molecule has 0 saturated heterocycles. The van der Waals surface area contributed by atoms with Gasteiger partial charge in [-0.05, 0) is 11.6 Å². The smallest absolute Gasteiger partial charge is 0.322 e. The van der Waals surface area contributed by atoms with Gasteiger partial charge in [-0.1, -0.05) is 6.07 Å². The van der Waals surface area contributed by atoms with Crippen LogP contribution in [0, 0.1) is 10.1 Å². The largest absolute Gasteiger partial charge is 0.468 e. The fraction of sp³-hybridized carbons (Fsp3) is 0.250. The summed E-state index contributed by atoms with van der Waals surface area (Å²) < 4.78 is 4.54. The van der Waals surface area contributed by atoms with Crippen LogP contribution in [-0.2, 0) is 16.0 Å². The predicted molar refractivity (Wildman–Crippen MR) is 68.6 cm³/mol. The molecule has 0 saturated carbocycles. The minimum atomic E-state index is -0.844. The summed E-state index contributed by atoms with van der Waals surface area (Å²) in [5.74, 6) is -0.548. The van der Waals surface area contributed by atoms with Crippen molar-refractivity contribution < 1.29 is 14.5 Å². The third-order valence-corrected chi connectivity index (χ3v) is 2.91. The van der Waals surface area contributed by atoms with Gasteiger partial charge in [-0.3, -0.25) is 14.9 Å². The fourth-order valence-corrected chi connectivity index (χ4v) is 2.02. The van der Waals surface area contributed by atoms with Crippen molar-refractivity contribution in [1.82, 2.24) is 4.98 Å². The van der Waals surface area contributed by atoms with Gasteiger partial charge in [0.2, 0.25) is 0 Å². The zero-order chi connectivity index (χ0) is 14.0. The van der Waals surface area contributed by atoms with E-state index in [2.05, 4.69) is 9.72 Å². The Kier molecular flexibility index (Phi) is 3.48. The van der Waals surface area contributed by atoms with Crippen molar-refractivity contribution in [2.24, 2.45) is 5.73 Å². The second-order valence-corrected chi connectivity index (χ2v) is 4.10. The van der Waals surface area contributed by atoms with Crippen molar-refractivity contribution in [3.63, 3.8) is 0 Å². The molecule has 0 fully saturated rings. The van der Waals surface area contributed by atoms with E-state index < -0.39 is 16.9 Å². The number of non-ortho nitro benzene ring substituents is 1. The lowest BCUT2D eigenvalue weighted by Crippen LogP contribution is -2.33. The van der Waals surface area contributed by atoms with Crippen LogP contribution < -0.4 is 5.73 Å². The molecule has 7 heteroatoms. The van der Waals surface area contributed by atoms with E-state index in [-0.39, 0.29) is 12.1 Å². The van der Waals surface area contributed by atoms with Crippen molar-refractivity contribution in [2.75, 3.05) is 7.11 Å². The maximum absolute atomic E-state index is 11.3. The number of aromatic nitrogens is 1. The highest BCUT2D eigenvalue weighted by atomic mass is 16.6. The van der Waals surface area contributed by atoms with Crippen molar-refractivity contribution in [2.45, 2.75) is 12.5 Å². The highest BCUT2D eigenvalue weighted by molar-refractivity contribution is 5.92. The molecule has 1 atom stereocenters. The topological polar surface area (TPSA) is 111 Å². The zero-order valence-electron chi connectivity index (χ0n) is 10.3. The Bertz CT molecular complexity index is 635. The number of nitrogens with two attached hydrogens (primary N) is 1. The molecule has 0 bridgehead atoms. The monoisotopic (exact) mass is 263 g/mol. The maximum Gasteiger partial charge on any atom is 0.322 e. The standard InChI is InChI=1S/C12H13N3O4/c1-19-12(16)8(13)5-7-6-14-9-3-2-4-10(11(7)9)15(17)18/h2-4,6,8,14H,5,13H2,1H3/t8-/m0/s1. The van der Waals surface area contributed by atoms with Gasteiger partial charge in [-0.25, -0.2) is 0 Å². The number of carbonyl (C=O) groups excluding carboxylic acids is 1. The molecule has 0 aliphatic carbocycles. The third kappa shape index (κ3) is 2.41. The third-order valence-electron chi connectivity index (χ3n) is 2.91. The molecule has 0 unspecified atom stereocenters. The molecular weight excluding hydrogens is 250 g/mol. The van der Waals surface area contributed by atoms with Crippen LogP contribution in [0.3, 0.4) is 0 Å². The second-order valence-electron chi connectivity index (χ2n) is 4.10. The van der Waals surface area contributed by atoms with Crippen LogP contribution in [0.2, 0.25) is 0 Å². The van der Waals surface area contributed by atoms with Crippen molar-refractivity contribution in [3.8, 4) is 0 Å². The first-order valence-electron chi connectivity index (χ1n) is 5.61. The van der Waals surface area contributed by atoms with Crippen LogP contribution in [0.5, 0.6) is 0 Å². The Hall–Kier alpha value is -2.41. The normalized spacial score (nSPS) is 12.3. The molecule has 100 valence electrons. The highest BCUT2D eigenvalue weighted by Gasteiger charge is 2.21. The number of aromatic amines is 1. The molecular formula is C12H13N3O4. The van der Waals surface area contributed by atoms with E-state index in [0.29, 0.717) is 16.5 Å². The van der Waals surface area contributed by atoms with E-state index in [1.165, 1.54) is 13.2 Å². The van der Waals surface area contributed by atoms with Gasteiger partial charge >= 0.3 is 5.97 Å². The first kappa shape index (κ1) is 13.0. The number of H-pyrrole nitrogens is 1. The van der Waals surface area contributed by atoms with Crippen LogP contribution in [0.15, 0.2) is 24.4 Å². The fourth-order valence-electron chi connectivity index (χ4n) is 2.02. The quantitative estimate of drug-likeness (QED) is 0.487. The summed E-state index contributed by atoms with van der Waals surface area (Å²) in [6.07, 6.45) is 1.80. The van der Waals surface area contributed by atoms with Crippen LogP contribution in [0.1, 0.15) is 5.56 Å². The Morgan fingerprint density at radius 2 is 2.32 bits per heavy atom. The average molecular weight is 263 g/mol. The second kappa shape index (κ2) is 5.07. The van der Waals surface area contributed by atoms with E-state index in [1.54, 1.807) is 18.3 Å². The summed E-state index contributed by atoms with van der Waals surface area (Å²) in [5, 5.41) is 11.5. The molecule has 0 amide bonds. The predicted octanol–water partition coefficient (Wildman–Crippen LogP) is 1.12. The Morgan fingerprint density at radius 1 is 1.58 bits per heavy atom. The van der Waals surface area contributed by atoms with Crippen molar-refractivity contribution in [1.29, 1.82) is 0 Å². The lowest BCUT2D eigenvalue weighted by Gasteiger charge is -2.08. The molecule has 19 heavy (non-hydrogen) atoms. The molecule has 1 heterocycles. The summed E-state index contributed by atoms with van der Waals surface area (Å²) in [7, 11) is 1.25. The van der Waals surface area contributed by atoms with Gasteiger partial charge < -0.3 is 15.5 Å². The minimum Gasteiger partial charge on any atom is -0.468 e. The van der Waals surface area contributed by atoms with Crippen molar-refractivity contribution >= 4 is 22.6 Å². The number of nitro benzene ring substituents is 1. The molecule has 0 spiro atoms. The molecule has 1 aromatic carbocycles. The number of nitrogens with one attached hydrogen (secondary N) is 1. The number of nitro groups is 1. The number of rotatable bonds is 4. The molecule has 1 aromatic heterocycles. The van der Waals surface area contributed by atoms with Crippen molar-refractivity contribution in [3.05, 3.63) is 40.1 Å². The van der Waals surface area contributed by atoms with Crippen LogP contribution in [0.25, 0.3) is 10.9 Å². The summed E-state index contributed by atoms with van der Waals surface area (Å²) in [4.78, 5) is 24.8. The summed E-state index contributed by atoms with van der Waals surface area (Å²) >= 11 is 0. The van der Waals surface area contributed by atoms with Gasteiger partial charge in [0, 0.05) is 18.7 Å². The van der Waals surface area contributed by atoms with Gasteiger partial charge in [0.1, 0.15) is 6.04 Å². The zero-order valence-corrected chi connectivity index (χ0v) is 10.3. The van der Waals surface area contributed by atoms with Gasteiger partial charge in [-0.2, -0.15) is 0 Å². The molecule has 2 aromatic rings. The maximum atomic E-state index is 11.3. The first-order chi connectivity index (χ1) is 9.04. The van der Waals surface area contributed by atoms with E-state index in [9.17, 15) is 14.9 Å². The van der Waals surface area contributed by atoms with E-state index in [0.717, 1.165) is 0 Å². The highest BCUT2D eigenvalue weighted by Crippen LogP contribution is 2.29. The van der Waals surface area contributed by atoms with Crippen LogP contribution in [-0.4, -0.2) is 29.0 Å². The van der Waals surface area contributed by atoms with Gasteiger partial charge in [0.25, 0.3) is 5.69 Å². The number of hydrogen-bond acceptors (Lipinski definition) is 5. The molecule has 0 aliphatic rings. The summed E-state index contributed by atoms with van der Waals surface area (Å²) in [6.45, 7) is 0. The van der Waals surface area contributed by atoms with Gasteiger partial charge in [0.05, 0.1) is 22.9 Å². The van der Waals surface area contributed by atoms with Gasteiger partial charge in [-0.15, -0.1) is 0 Å². The number of methoxy groups -OCH3 is 1.